The zero-order valence-corrected chi connectivity index (χ0v) is 13.7. The van der Waals surface area contributed by atoms with E-state index in [1.54, 1.807) is 0 Å². The first kappa shape index (κ1) is 16.1. The van der Waals surface area contributed by atoms with Crippen molar-refractivity contribution in [3.05, 3.63) is 23.2 Å². The van der Waals surface area contributed by atoms with Gasteiger partial charge in [0.25, 0.3) is 0 Å². The summed E-state index contributed by atoms with van der Waals surface area (Å²) in [6, 6.07) is 2.01. The highest BCUT2D eigenvalue weighted by atomic mass is 16.3. The van der Waals surface area contributed by atoms with Crippen molar-refractivity contribution in [2.45, 2.75) is 53.0 Å². The average molecular weight is 292 g/mol. The third kappa shape index (κ3) is 4.34. The highest BCUT2D eigenvalue weighted by molar-refractivity contribution is 5.76. The van der Waals surface area contributed by atoms with Crippen LogP contribution in [0.2, 0.25) is 0 Å². The molecule has 21 heavy (non-hydrogen) atoms. The number of furan rings is 1. The molecule has 118 valence electrons. The van der Waals surface area contributed by atoms with Gasteiger partial charge in [0, 0.05) is 12.0 Å². The second kappa shape index (κ2) is 7.12. The van der Waals surface area contributed by atoms with Crippen molar-refractivity contribution in [3.63, 3.8) is 0 Å². The molecule has 0 saturated carbocycles. The molecule has 1 amide bonds. The first-order valence-corrected chi connectivity index (χ1v) is 8.04. The van der Waals surface area contributed by atoms with Crippen molar-refractivity contribution in [3.8, 4) is 0 Å². The van der Waals surface area contributed by atoms with Crippen LogP contribution in [-0.4, -0.2) is 19.0 Å². The summed E-state index contributed by atoms with van der Waals surface area (Å²) in [6.45, 7) is 10.2. The molecule has 1 aliphatic heterocycles. The van der Waals surface area contributed by atoms with Crippen LogP contribution in [0, 0.1) is 25.7 Å². The Kier molecular flexibility index (Phi) is 5.45. The summed E-state index contributed by atoms with van der Waals surface area (Å²) in [5.41, 5.74) is 1.08. The maximum Gasteiger partial charge on any atom is 0.220 e. The largest absolute Gasteiger partial charge is 0.466 e. The van der Waals surface area contributed by atoms with Gasteiger partial charge >= 0.3 is 0 Å². The fourth-order valence-electron chi connectivity index (χ4n) is 3.28. The van der Waals surface area contributed by atoms with E-state index in [1.807, 2.05) is 26.8 Å². The van der Waals surface area contributed by atoms with E-state index in [9.17, 15) is 4.79 Å². The molecule has 2 N–H and O–H groups in total. The van der Waals surface area contributed by atoms with Gasteiger partial charge in [-0.3, -0.25) is 4.79 Å². The number of piperidine rings is 1. The minimum absolute atomic E-state index is 0.00614. The van der Waals surface area contributed by atoms with Crippen LogP contribution in [0.1, 0.15) is 56.2 Å². The third-order valence-corrected chi connectivity index (χ3v) is 4.57. The van der Waals surface area contributed by atoms with E-state index in [0.29, 0.717) is 18.3 Å². The molecule has 0 bridgehead atoms. The van der Waals surface area contributed by atoms with Crippen LogP contribution in [0.5, 0.6) is 0 Å². The fraction of sp³-hybridized carbons (Fsp3) is 0.706. The number of hydrogen-bond acceptors (Lipinski definition) is 3. The lowest BCUT2D eigenvalue weighted by atomic mass is 9.85. The van der Waals surface area contributed by atoms with E-state index in [-0.39, 0.29) is 11.9 Å². The summed E-state index contributed by atoms with van der Waals surface area (Å²) in [7, 11) is 0. The molecule has 1 fully saturated rings. The Morgan fingerprint density at radius 1 is 1.48 bits per heavy atom. The van der Waals surface area contributed by atoms with E-state index in [0.717, 1.165) is 30.2 Å². The smallest absolute Gasteiger partial charge is 0.220 e. The summed E-state index contributed by atoms with van der Waals surface area (Å²) in [4.78, 5) is 12.2. The molecular weight excluding hydrogens is 264 g/mol. The van der Waals surface area contributed by atoms with Crippen LogP contribution in [-0.2, 0) is 4.79 Å². The molecule has 4 nitrogen and oxygen atoms in total. The van der Waals surface area contributed by atoms with Crippen LogP contribution in [0.4, 0.5) is 0 Å². The highest BCUT2D eigenvalue weighted by Gasteiger charge is 2.23. The van der Waals surface area contributed by atoms with Gasteiger partial charge in [0.15, 0.2) is 0 Å². The highest BCUT2D eigenvalue weighted by Crippen LogP contribution is 2.24. The van der Waals surface area contributed by atoms with Crippen LogP contribution in [0.15, 0.2) is 10.5 Å². The molecule has 0 aliphatic carbocycles. The number of hydrogen-bond donors (Lipinski definition) is 2. The number of amides is 1. The van der Waals surface area contributed by atoms with Gasteiger partial charge in [-0.15, -0.1) is 0 Å². The van der Waals surface area contributed by atoms with Crippen molar-refractivity contribution in [1.29, 1.82) is 0 Å². The summed E-state index contributed by atoms with van der Waals surface area (Å²) in [5.74, 6) is 2.98. The number of nitrogens with one attached hydrogen (secondary N) is 2. The van der Waals surface area contributed by atoms with Crippen LogP contribution < -0.4 is 10.6 Å². The van der Waals surface area contributed by atoms with E-state index >= 15 is 0 Å². The van der Waals surface area contributed by atoms with Crippen LogP contribution in [0.3, 0.4) is 0 Å². The molecule has 1 aromatic heterocycles. The predicted octanol–water partition coefficient (Wildman–Crippen LogP) is 3.10. The van der Waals surface area contributed by atoms with Crippen molar-refractivity contribution < 1.29 is 9.21 Å². The third-order valence-electron chi connectivity index (χ3n) is 4.57. The molecule has 3 atom stereocenters. The predicted molar refractivity (Wildman–Crippen MR) is 84.1 cm³/mol. The van der Waals surface area contributed by atoms with Crippen LogP contribution >= 0.6 is 0 Å². The van der Waals surface area contributed by atoms with Gasteiger partial charge in [0.05, 0.1) is 6.04 Å². The molecule has 0 radical (unpaired) electrons. The lowest BCUT2D eigenvalue weighted by molar-refractivity contribution is -0.123. The van der Waals surface area contributed by atoms with Crippen molar-refractivity contribution in [2.24, 2.45) is 11.8 Å². The molecule has 0 aromatic carbocycles. The SMILES string of the molecule is Cc1cc(C(C)NC(=O)CC(C)C2CCCNC2)c(C)o1. The number of rotatable bonds is 5. The molecule has 2 rings (SSSR count). The van der Waals surface area contributed by atoms with Crippen LogP contribution in [0.25, 0.3) is 0 Å². The van der Waals surface area contributed by atoms with E-state index in [2.05, 4.69) is 17.6 Å². The van der Waals surface area contributed by atoms with Gasteiger partial charge in [0.2, 0.25) is 5.91 Å². The molecule has 1 aliphatic rings. The Morgan fingerprint density at radius 2 is 2.24 bits per heavy atom. The normalized spacial score (nSPS) is 21.8. The fourth-order valence-corrected chi connectivity index (χ4v) is 3.28. The lowest BCUT2D eigenvalue weighted by Crippen LogP contribution is -2.36. The first-order valence-electron chi connectivity index (χ1n) is 8.04. The monoisotopic (exact) mass is 292 g/mol. The van der Waals surface area contributed by atoms with Gasteiger partial charge in [-0.05, 0) is 64.6 Å². The van der Waals surface area contributed by atoms with Gasteiger partial charge < -0.3 is 15.1 Å². The summed E-state index contributed by atoms with van der Waals surface area (Å²) >= 11 is 0. The number of carbonyl (C=O) groups excluding carboxylic acids is 1. The van der Waals surface area contributed by atoms with Gasteiger partial charge in [-0.2, -0.15) is 0 Å². The lowest BCUT2D eigenvalue weighted by Gasteiger charge is -2.28. The molecule has 3 unspecified atom stereocenters. The summed E-state index contributed by atoms with van der Waals surface area (Å²) in [6.07, 6.45) is 3.06. The van der Waals surface area contributed by atoms with Gasteiger partial charge in [-0.1, -0.05) is 6.92 Å². The second-order valence-corrected chi connectivity index (χ2v) is 6.45. The first-order chi connectivity index (χ1) is 9.97. The molecule has 1 saturated heterocycles. The van der Waals surface area contributed by atoms with E-state index in [1.165, 1.54) is 12.8 Å². The Labute approximate surface area is 127 Å². The Morgan fingerprint density at radius 3 is 2.81 bits per heavy atom. The average Bonchev–Trinajstić information content (AvgIpc) is 2.78. The number of carbonyl (C=O) groups is 1. The van der Waals surface area contributed by atoms with Gasteiger partial charge in [-0.25, -0.2) is 0 Å². The molecular formula is C17H28N2O2. The maximum atomic E-state index is 12.2. The quantitative estimate of drug-likeness (QED) is 0.877. The Hall–Kier alpha value is -1.29. The zero-order chi connectivity index (χ0) is 15.4. The minimum atomic E-state index is 0.00614. The molecule has 4 heteroatoms. The molecule has 0 spiro atoms. The van der Waals surface area contributed by atoms with Crippen molar-refractivity contribution >= 4 is 5.91 Å². The van der Waals surface area contributed by atoms with E-state index < -0.39 is 0 Å². The topological polar surface area (TPSA) is 54.3 Å². The van der Waals surface area contributed by atoms with E-state index in [4.69, 9.17) is 4.42 Å². The standard InChI is InChI=1S/C17H28N2O2/c1-11(15-6-5-7-18-10-15)8-17(20)19-13(3)16-9-12(2)21-14(16)4/h9,11,13,15,18H,5-8,10H2,1-4H3,(H,19,20). The summed E-state index contributed by atoms with van der Waals surface area (Å²) < 4.78 is 5.53. The minimum Gasteiger partial charge on any atom is -0.466 e. The summed E-state index contributed by atoms with van der Waals surface area (Å²) in [5, 5.41) is 6.52. The Balaban J connectivity index is 1.84. The Bertz CT molecular complexity index is 475. The van der Waals surface area contributed by atoms with Crippen molar-refractivity contribution in [1.82, 2.24) is 10.6 Å². The zero-order valence-electron chi connectivity index (χ0n) is 13.7. The second-order valence-electron chi connectivity index (χ2n) is 6.45. The maximum absolute atomic E-state index is 12.2. The molecule has 1 aromatic rings. The van der Waals surface area contributed by atoms with Crippen molar-refractivity contribution in [2.75, 3.05) is 13.1 Å². The van der Waals surface area contributed by atoms with Gasteiger partial charge in [0.1, 0.15) is 11.5 Å². The molecule has 2 heterocycles. The number of aryl methyl sites for hydroxylation is 2.